The fourth-order valence-corrected chi connectivity index (χ4v) is 2.03. The predicted octanol–water partition coefficient (Wildman–Crippen LogP) is 2.73. The Bertz CT molecular complexity index is 337. The molecular weight excluding hydrogens is 196 g/mol. The minimum atomic E-state index is -0.142. The summed E-state index contributed by atoms with van der Waals surface area (Å²) in [6.45, 7) is 6.33. The molecular formula is C14H24N2. The molecule has 0 aromatic heterocycles. The third kappa shape index (κ3) is 3.62. The summed E-state index contributed by atoms with van der Waals surface area (Å²) in [4.78, 5) is 2.25. The lowest BCUT2D eigenvalue weighted by molar-refractivity contribution is 0.242. The zero-order chi connectivity index (χ0) is 12.3. The van der Waals surface area contributed by atoms with E-state index in [1.807, 2.05) is 0 Å². The van der Waals surface area contributed by atoms with Gasteiger partial charge in [0.2, 0.25) is 0 Å². The molecule has 1 aromatic carbocycles. The van der Waals surface area contributed by atoms with E-state index in [2.05, 4.69) is 64.0 Å². The van der Waals surface area contributed by atoms with E-state index in [9.17, 15) is 0 Å². The SMILES string of the molecule is Cc1ccccc1C(CC(C)(C)N)N(C)C. The predicted molar refractivity (Wildman–Crippen MR) is 70.5 cm³/mol. The Kier molecular flexibility index (Phi) is 4.11. The first-order chi connectivity index (χ1) is 7.31. The lowest BCUT2D eigenvalue weighted by atomic mass is 9.89. The highest BCUT2D eigenvalue weighted by Crippen LogP contribution is 2.28. The molecule has 2 nitrogen and oxygen atoms in total. The third-order valence-corrected chi connectivity index (χ3v) is 2.89. The average molecular weight is 220 g/mol. The second-order valence-corrected chi connectivity index (χ2v) is 5.53. The zero-order valence-corrected chi connectivity index (χ0v) is 11.1. The van der Waals surface area contributed by atoms with E-state index < -0.39 is 0 Å². The number of aryl methyl sites for hydroxylation is 1. The summed E-state index contributed by atoms with van der Waals surface area (Å²) in [6, 6.07) is 8.93. The largest absolute Gasteiger partial charge is 0.325 e. The summed E-state index contributed by atoms with van der Waals surface area (Å²) in [7, 11) is 4.23. The third-order valence-electron chi connectivity index (χ3n) is 2.89. The molecule has 0 fully saturated rings. The van der Waals surface area contributed by atoms with E-state index in [1.54, 1.807) is 0 Å². The van der Waals surface area contributed by atoms with Crippen molar-refractivity contribution in [3.05, 3.63) is 35.4 Å². The van der Waals surface area contributed by atoms with Crippen LogP contribution in [0, 0.1) is 6.92 Å². The van der Waals surface area contributed by atoms with Gasteiger partial charge in [0, 0.05) is 11.6 Å². The van der Waals surface area contributed by atoms with Gasteiger partial charge >= 0.3 is 0 Å². The molecule has 1 atom stereocenters. The lowest BCUT2D eigenvalue weighted by Gasteiger charge is -2.32. The highest BCUT2D eigenvalue weighted by atomic mass is 15.1. The van der Waals surface area contributed by atoms with Crippen molar-refractivity contribution in [1.29, 1.82) is 0 Å². The van der Waals surface area contributed by atoms with Crippen molar-refractivity contribution < 1.29 is 0 Å². The number of rotatable bonds is 4. The number of benzene rings is 1. The maximum Gasteiger partial charge on any atom is 0.0361 e. The normalized spacial score (nSPS) is 14.2. The summed E-state index contributed by atoms with van der Waals surface area (Å²) in [6.07, 6.45) is 0.963. The molecule has 0 amide bonds. The van der Waals surface area contributed by atoms with Crippen LogP contribution in [0.1, 0.15) is 37.4 Å². The number of hydrogen-bond donors (Lipinski definition) is 1. The topological polar surface area (TPSA) is 29.3 Å². The Labute approximate surface area is 99.5 Å². The maximum absolute atomic E-state index is 6.13. The van der Waals surface area contributed by atoms with Crippen molar-refractivity contribution in [3.63, 3.8) is 0 Å². The highest BCUT2D eigenvalue weighted by Gasteiger charge is 2.23. The Morgan fingerprint density at radius 1 is 1.25 bits per heavy atom. The van der Waals surface area contributed by atoms with Gasteiger partial charge in [0.25, 0.3) is 0 Å². The van der Waals surface area contributed by atoms with Gasteiger partial charge in [-0.2, -0.15) is 0 Å². The smallest absolute Gasteiger partial charge is 0.0361 e. The molecule has 0 bridgehead atoms. The van der Waals surface area contributed by atoms with Crippen molar-refractivity contribution in [1.82, 2.24) is 4.90 Å². The zero-order valence-electron chi connectivity index (χ0n) is 11.1. The highest BCUT2D eigenvalue weighted by molar-refractivity contribution is 5.29. The van der Waals surface area contributed by atoms with Gasteiger partial charge in [-0.1, -0.05) is 24.3 Å². The quantitative estimate of drug-likeness (QED) is 0.845. The molecule has 0 aliphatic carbocycles. The summed E-state index contributed by atoms with van der Waals surface area (Å²) >= 11 is 0. The van der Waals surface area contributed by atoms with Crippen LogP contribution in [-0.4, -0.2) is 24.5 Å². The van der Waals surface area contributed by atoms with Gasteiger partial charge in [0.1, 0.15) is 0 Å². The van der Waals surface area contributed by atoms with E-state index >= 15 is 0 Å². The van der Waals surface area contributed by atoms with Crippen LogP contribution in [-0.2, 0) is 0 Å². The summed E-state index contributed by atoms with van der Waals surface area (Å²) in [5.74, 6) is 0. The first-order valence-electron chi connectivity index (χ1n) is 5.82. The number of nitrogens with two attached hydrogens (primary N) is 1. The van der Waals surface area contributed by atoms with Crippen molar-refractivity contribution in [2.45, 2.75) is 38.8 Å². The minimum absolute atomic E-state index is 0.142. The minimum Gasteiger partial charge on any atom is -0.325 e. The molecule has 0 aliphatic heterocycles. The van der Waals surface area contributed by atoms with Crippen molar-refractivity contribution in [3.8, 4) is 0 Å². The molecule has 0 aliphatic rings. The van der Waals surface area contributed by atoms with Gasteiger partial charge in [-0.05, 0) is 52.4 Å². The standard InChI is InChI=1S/C14H24N2/c1-11-8-6-7-9-12(11)13(16(4)5)10-14(2,3)15/h6-9,13H,10,15H2,1-5H3. The molecule has 0 spiro atoms. The lowest BCUT2D eigenvalue weighted by Crippen LogP contribution is -2.37. The fraction of sp³-hybridized carbons (Fsp3) is 0.571. The average Bonchev–Trinajstić information content (AvgIpc) is 2.13. The molecule has 2 N–H and O–H groups in total. The monoisotopic (exact) mass is 220 g/mol. The van der Waals surface area contributed by atoms with Crippen molar-refractivity contribution in [2.24, 2.45) is 5.73 Å². The van der Waals surface area contributed by atoms with E-state index in [1.165, 1.54) is 11.1 Å². The molecule has 1 rings (SSSR count). The van der Waals surface area contributed by atoms with Gasteiger partial charge in [-0.3, -0.25) is 0 Å². The van der Waals surface area contributed by atoms with Crippen molar-refractivity contribution in [2.75, 3.05) is 14.1 Å². The molecule has 90 valence electrons. The Morgan fingerprint density at radius 3 is 2.25 bits per heavy atom. The maximum atomic E-state index is 6.13. The summed E-state index contributed by atoms with van der Waals surface area (Å²) in [5.41, 5.74) is 8.71. The molecule has 1 unspecified atom stereocenters. The number of hydrogen-bond acceptors (Lipinski definition) is 2. The van der Waals surface area contributed by atoms with Crippen LogP contribution < -0.4 is 5.73 Å². The summed E-state index contributed by atoms with van der Waals surface area (Å²) < 4.78 is 0. The molecule has 0 saturated heterocycles. The van der Waals surface area contributed by atoms with Gasteiger partial charge in [-0.25, -0.2) is 0 Å². The van der Waals surface area contributed by atoms with Gasteiger partial charge in [0.15, 0.2) is 0 Å². The second kappa shape index (κ2) is 4.98. The van der Waals surface area contributed by atoms with Gasteiger partial charge in [0.05, 0.1) is 0 Å². The molecule has 16 heavy (non-hydrogen) atoms. The molecule has 2 heteroatoms. The van der Waals surface area contributed by atoms with Crippen LogP contribution in [0.5, 0.6) is 0 Å². The van der Waals surface area contributed by atoms with Gasteiger partial charge < -0.3 is 10.6 Å². The Balaban J connectivity index is 2.99. The van der Waals surface area contributed by atoms with E-state index in [0.29, 0.717) is 6.04 Å². The first-order valence-corrected chi connectivity index (χ1v) is 5.82. The molecule has 1 aromatic rings. The van der Waals surface area contributed by atoms with Crippen LogP contribution in [0.3, 0.4) is 0 Å². The molecule has 0 saturated carbocycles. The molecule has 0 heterocycles. The van der Waals surface area contributed by atoms with Crippen LogP contribution >= 0.6 is 0 Å². The van der Waals surface area contributed by atoms with Crippen LogP contribution in [0.25, 0.3) is 0 Å². The Morgan fingerprint density at radius 2 is 1.81 bits per heavy atom. The van der Waals surface area contributed by atoms with Gasteiger partial charge in [-0.15, -0.1) is 0 Å². The van der Waals surface area contributed by atoms with Crippen molar-refractivity contribution >= 4 is 0 Å². The fourth-order valence-electron chi connectivity index (χ4n) is 2.03. The van der Waals surface area contributed by atoms with Crippen LogP contribution in [0.15, 0.2) is 24.3 Å². The second-order valence-electron chi connectivity index (χ2n) is 5.53. The summed E-state index contributed by atoms with van der Waals surface area (Å²) in [5, 5.41) is 0. The first kappa shape index (κ1) is 13.2. The number of nitrogens with zero attached hydrogens (tertiary/aromatic N) is 1. The van der Waals surface area contributed by atoms with E-state index in [-0.39, 0.29) is 5.54 Å². The van der Waals surface area contributed by atoms with E-state index in [4.69, 9.17) is 5.73 Å². The Hall–Kier alpha value is -0.860. The van der Waals surface area contributed by atoms with E-state index in [0.717, 1.165) is 6.42 Å². The van der Waals surface area contributed by atoms with Crippen LogP contribution in [0.4, 0.5) is 0 Å². The van der Waals surface area contributed by atoms with Crippen LogP contribution in [0.2, 0.25) is 0 Å². The molecule has 0 radical (unpaired) electrons.